The van der Waals surface area contributed by atoms with Crippen molar-refractivity contribution in [3.05, 3.63) is 29.8 Å². The highest BCUT2D eigenvalue weighted by Gasteiger charge is 2.15. The van der Waals surface area contributed by atoms with E-state index in [1.54, 1.807) is 0 Å². The Morgan fingerprint density at radius 2 is 1.04 bits per heavy atom. The number of nitrogens with one attached hydrogen (secondary N) is 4. The van der Waals surface area contributed by atoms with Gasteiger partial charge in [0, 0.05) is 84.0 Å². The number of nitrogens with zero attached hydrogens (tertiary/aromatic N) is 3. The van der Waals surface area contributed by atoms with E-state index in [0.717, 1.165) is 35.4 Å². The van der Waals surface area contributed by atoms with Crippen molar-refractivity contribution in [3.63, 3.8) is 0 Å². The average molecular weight is 796 g/mol. The molecule has 0 aliphatic rings. The zero-order valence-electron chi connectivity index (χ0n) is 32.1. The highest BCUT2D eigenvalue weighted by molar-refractivity contribution is 7.80. The SMILES string of the molecule is CC(=O)N(O)CCCCCNC(=O)CCC(=O)N(O)CCCCCNC(=O)CCC(=O)N(O)CCCCCNC(=S)Nc1ccc(CC(=S)C(C)C)cc1. The quantitative estimate of drug-likeness (QED) is 0.0271. The van der Waals surface area contributed by atoms with Crippen LogP contribution in [0, 0.1) is 5.92 Å². The molecule has 1 aromatic carbocycles. The summed E-state index contributed by atoms with van der Waals surface area (Å²) in [6.45, 7) is 7.39. The van der Waals surface area contributed by atoms with Crippen molar-refractivity contribution in [1.82, 2.24) is 31.1 Å². The maximum absolute atomic E-state index is 12.2. The Labute approximate surface area is 330 Å². The molecule has 0 fully saturated rings. The van der Waals surface area contributed by atoms with Crippen molar-refractivity contribution in [2.75, 3.05) is 44.6 Å². The summed E-state index contributed by atoms with van der Waals surface area (Å²) in [5.74, 6) is -1.73. The number of thiocarbonyl (C=S) groups is 2. The first-order chi connectivity index (χ1) is 25.7. The van der Waals surface area contributed by atoms with Gasteiger partial charge in [0.25, 0.3) is 0 Å². The third-order valence-electron chi connectivity index (χ3n) is 8.38. The summed E-state index contributed by atoms with van der Waals surface area (Å²) in [6.07, 6.45) is 6.32. The number of anilines is 1. The van der Waals surface area contributed by atoms with Gasteiger partial charge in [-0.25, -0.2) is 15.2 Å². The molecule has 7 N–H and O–H groups in total. The summed E-state index contributed by atoms with van der Waals surface area (Å²) in [5.41, 5.74) is 2.05. The fourth-order valence-electron chi connectivity index (χ4n) is 4.92. The molecule has 1 rings (SSSR count). The van der Waals surface area contributed by atoms with E-state index >= 15 is 0 Å². The Hall–Kier alpha value is -3.77. The van der Waals surface area contributed by atoms with Gasteiger partial charge in [0.2, 0.25) is 29.5 Å². The number of hydrogen-bond acceptors (Lipinski definition) is 10. The molecule has 0 aliphatic carbocycles. The van der Waals surface area contributed by atoms with Gasteiger partial charge < -0.3 is 21.3 Å². The van der Waals surface area contributed by atoms with Gasteiger partial charge in [0.15, 0.2) is 5.11 Å². The van der Waals surface area contributed by atoms with Crippen LogP contribution in [0.1, 0.15) is 110 Å². The number of hydroxylamine groups is 6. The summed E-state index contributed by atoms with van der Waals surface area (Å²) in [4.78, 5) is 60.3. The topological polar surface area (TPSA) is 204 Å². The van der Waals surface area contributed by atoms with E-state index in [2.05, 4.69) is 35.1 Å². The maximum atomic E-state index is 12.2. The molecule has 0 aliphatic heterocycles. The van der Waals surface area contributed by atoms with Gasteiger partial charge >= 0.3 is 0 Å². The summed E-state index contributed by atoms with van der Waals surface area (Å²) in [5, 5.41) is 43.5. The lowest BCUT2D eigenvalue weighted by atomic mass is 10.0. The number of carbonyl (C=O) groups excluding carboxylic acids is 5. The summed E-state index contributed by atoms with van der Waals surface area (Å²) in [6, 6.07) is 8.01. The summed E-state index contributed by atoms with van der Waals surface area (Å²) >= 11 is 10.8. The standard InChI is InChI=1S/C37H61N7O8S2/c1-28(2)32(53)27-30-13-15-31(16-14-30)41-37(54)40-23-9-6-12-26-44(52)36(49)20-18-34(47)39-22-8-5-11-25-43(51)35(48)19-17-33(46)38-21-7-4-10-24-42(50)29(3)45/h13-16,28,50-52H,4-12,17-27H2,1-3H3,(H,38,46)(H,39,47)(H2,40,41,54). The lowest BCUT2D eigenvalue weighted by Gasteiger charge is -2.15. The normalized spacial score (nSPS) is 10.7. The minimum atomic E-state index is -0.556. The predicted octanol–water partition coefficient (Wildman–Crippen LogP) is 4.52. The van der Waals surface area contributed by atoms with E-state index in [0.29, 0.717) is 90.8 Å². The van der Waals surface area contributed by atoms with E-state index in [1.165, 1.54) is 6.92 Å². The monoisotopic (exact) mass is 795 g/mol. The Morgan fingerprint density at radius 3 is 1.46 bits per heavy atom. The fourth-order valence-corrected chi connectivity index (χ4v) is 5.30. The molecular formula is C37H61N7O8S2. The van der Waals surface area contributed by atoms with Gasteiger partial charge in [-0.15, -0.1) is 0 Å². The first kappa shape index (κ1) is 48.2. The van der Waals surface area contributed by atoms with Gasteiger partial charge in [-0.05, 0) is 98.5 Å². The molecule has 0 radical (unpaired) electrons. The van der Waals surface area contributed by atoms with Crippen LogP contribution in [-0.2, 0) is 30.4 Å². The lowest BCUT2D eigenvalue weighted by Crippen LogP contribution is -2.31. The van der Waals surface area contributed by atoms with E-state index in [-0.39, 0.29) is 57.1 Å². The first-order valence-corrected chi connectivity index (χ1v) is 19.7. The number of carbonyl (C=O) groups is 5. The van der Waals surface area contributed by atoms with Crippen LogP contribution < -0.4 is 21.3 Å². The molecular weight excluding hydrogens is 735 g/mol. The Bertz CT molecular complexity index is 1330. The molecule has 0 bridgehead atoms. The van der Waals surface area contributed by atoms with Crippen molar-refractivity contribution < 1.29 is 39.6 Å². The number of rotatable bonds is 28. The molecule has 54 heavy (non-hydrogen) atoms. The van der Waals surface area contributed by atoms with Gasteiger partial charge in [-0.2, -0.15) is 0 Å². The van der Waals surface area contributed by atoms with Gasteiger partial charge in [-0.3, -0.25) is 39.6 Å². The smallest absolute Gasteiger partial charge is 0.246 e. The molecule has 0 unspecified atom stereocenters. The minimum absolute atomic E-state index is 0.0472. The highest BCUT2D eigenvalue weighted by atomic mass is 32.1. The molecule has 0 atom stereocenters. The maximum Gasteiger partial charge on any atom is 0.246 e. The number of benzene rings is 1. The molecule has 0 spiro atoms. The molecule has 0 heterocycles. The third-order valence-corrected chi connectivity index (χ3v) is 9.24. The Balaban J connectivity index is 2.03. The largest absolute Gasteiger partial charge is 0.362 e. The zero-order chi connectivity index (χ0) is 40.3. The van der Waals surface area contributed by atoms with E-state index < -0.39 is 17.7 Å². The summed E-state index contributed by atoms with van der Waals surface area (Å²) < 4.78 is 0. The van der Waals surface area contributed by atoms with Crippen molar-refractivity contribution >= 4 is 69.6 Å². The van der Waals surface area contributed by atoms with Crippen LogP contribution in [0.3, 0.4) is 0 Å². The Morgan fingerprint density at radius 1 is 0.611 bits per heavy atom. The number of amides is 5. The predicted molar refractivity (Wildman–Crippen MR) is 214 cm³/mol. The highest BCUT2D eigenvalue weighted by Crippen LogP contribution is 2.13. The van der Waals surface area contributed by atoms with Crippen molar-refractivity contribution in [2.24, 2.45) is 5.92 Å². The number of hydrogen-bond donors (Lipinski definition) is 7. The van der Waals surface area contributed by atoms with E-state index in [4.69, 9.17) is 24.4 Å². The van der Waals surface area contributed by atoms with Gasteiger partial charge in [0.05, 0.1) is 0 Å². The van der Waals surface area contributed by atoms with Crippen LogP contribution in [0.15, 0.2) is 24.3 Å². The van der Waals surface area contributed by atoms with Crippen molar-refractivity contribution in [2.45, 2.75) is 111 Å². The van der Waals surface area contributed by atoms with Gasteiger partial charge in [0.1, 0.15) is 0 Å². The summed E-state index contributed by atoms with van der Waals surface area (Å²) in [7, 11) is 0. The van der Waals surface area contributed by atoms with Crippen LogP contribution in [0.4, 0.5) is 5.69 Å². The second-order valence-electron chi connectivity index (χ2n) is 13.4. The number of unbranched alkanes of at least 4 members (excludes halogenated alkanes) is 6. The molecule has 17 heteroatoms. The third kappa shape index (κ3) is 23.8. The van der Waals surface area contributed by atoms with Crippen LogP contribution >= 0.6 is 24.4 Å². The van der Waals surface area contributed by atoms with Crippen LogP contribution in [0.25, 0.3) is 0 Å². The molecule has 0 saturated carbocycles. The molecule has 0 saturated heterocycles. The fraction of sp³-hybridized carbons (Fsp3) is 0.649. The molecule has 5 amide bonds. The van der Waals surface area contributed by atoms with Crippen LogP contribution in [0.2, 0.25) is 0 Å². The molecule has 15 nitrogen and oxygen atoms in total. The average Bonchev–Trinajstić information content (AvgIpc) is 3.13. The van der Waals surface area contributed by atoms with Crippen molar-refractivity contribution in [1.29, 1.82) is 0 Å². The lowest BCUT2D eigenvalue weighted by molar-refractivity contribution is -0.166. The first-order valence-electron chi connectivity index (χ1n) is 18.8. The van der Waals surface area contributed by atoms with E-state index in [9.17, 15) is 39.6 Å². The molecule has 304 valence electrons. The molecule has 1 aromatic rings. The second kappa shape index (κ2) is 28.6. The minimum Gasteiger partial charge on any atom is -0.362 e. The zero-order valence-corrected chi connectivity index (χ0v) is 33.7. The van der Waals surface area contributed by atoms with E-state index in [1.807, 2.05) is 24.3 Å². The van der Waals surface area contributed by atoms with Crippen molar-refractivity contribution in [3.8, 4) is 0 Å². The Kier molecular flexibility index (Phi) is 25.6. The second-order valence-corrected chi connectivity index (χ2v) is 14.4. The van der Waals surface area contributed by atoms with Gasteiger partial charge in [-0.1, -0.05) is 38.2 Å². The molecule has 0 aromatic heterocycles. The van der Waals surface area contributed by atoms with Crippen LogP contribution in [0.5, 0.6) is 0 Å². The van der Waals surface area contributed by atoms with Crippen LogP contribution in [-0.4, -0.2) is 110 Å².